The van der Waals surface area contributed by atoms with E-state index < -0.39 is 24.4 Å². The molecule has 4 rings (SSSR count). The third kappa shape index (κ3) is 6.73. The standard InChI is InChI=1S/C27H37NO7/c29-17-22-26(31)27(32)23(30)16-28(22)11-2-1-3-12-33-18-19-5-7-20(8-6-19)21-9-10-24-25(15-21)35-14-4-13-34-24/h5-10,15,22-23,26-27,29-32H,1-4,11-14,16-18H2. The first kappa shape index (κ1) is 25.9. The molecule has 192 valence electrons. The molecule has 0 aliphatic carbocycles. The molecule has 1 saturated heterocycles. The van der Waals surface area contributed by atoms with Gasteiger partial charge in [0.25, 0.3) is 0 Å². The van der Waals surface area contributed by atoms with Gasteiger partial charge in [-0.25, -0.2) is 0 Å². The van der Waals surface area contributed by atoms with Crippen LogP contribution in [0.3, 0.4) is 0 Å². The van der Waals surface area contributed by atoms with Crippen molar-refractivity contribution in [2.24, 2.45) is 0 Å². The van der Waals surface area contributed by atoms with Crippen LogP contribution in [0.5, 0.6) is 11.5 Å². The van der Waals surface area contributed by atoms with Crippen molar-refractivity contribution in [3.63, 3.8) is 0 Å². The van der Waals surface area contributed by atoms with Crippen LogP contribution in [0.1, 0.15) is 31.2 Å². The van der Waals surface area contributed by atoms with Crippen molar-refractivity contribution in [2.75, 3.05) is 39.5 Å². The molecular weight excluding hydrogens is 450 g/mol. The Morgan fingerprint density at radius 3 is 2.37 bits per heavy atom. The van der Waals surface area contributed by atoms with Gasteiger partial charge >= 0.3 is 0 Å². The summed E-state index contributed by atoms with van der Waals surface area (Å²) in [7, 11) is 0. The zero-order valence-corrected chi connectivity index (χ0v) is 20.1. The number of rotatable bonds is 10. The normalized spacial score (nSPS) is 24.8. The molecule has 4 atom stereocenters. The van der Waals surface area contributed by atoms with Gasteiger partial charge in [0.15, 0.2) is 11.5 Å². The van der Waals surface area contributed by atoms with E-state index >= 15 is 0 Å². The van der Waals surface area contributed by atoms with Crippen LogP contribution in [0, 0.1) is 0 Å². The molecule has 0 radical (unpaired) electrons. The van der Waals surface area contributed by atoms with Crippen LogP contribution in [0.25, 0.3) is 11.1 Å². The van der Waals surface area contributed by atoms with Crippen molar-refractivity contribution < 1.29 is 34.6 Å². The van der Waals surface area contributed by atoms with E-state index in [4.69, 9.17) is 14.2 Å². The molecule has 0 saturated carbocycles. The minimum atomic E-state index is -1.21. The number of β-amino-alcohol motifs (C(OH)–C–C–N with tert-alkyl or cyclic N) is 1. The highest BCUT2D eigenvalue weighted by Gasteiger charge is 2.40. The van der Waals surface area contributed by atoms with Crippen LogP contribution in [0.4, 0.5) is 0 Å². The predicted molar refractivity (Wildman–Crippen MR) is 131 cm³/mol. The van der Waals surface area contributed by atoms with Crippen LogP contribution >= 0.6 is 0 Å². The van der Waals surface area contributed by atoms with Gasteiger partial charge in [-0.2, -0.15) is 0 Å². The zero-order chi connectivity index (χ0) is 24.6. The van der Waals surface area contributed by atoms with Crippen molar-refractivity contribution in [3.8, 4) is 22.6 Å². The van der Waals surface area contributed by atoms with Crippen LogP contribution in [0.2, 0.25) is 0 Å². The zero-order valence-electron chi connectivity index (χ0n) is 20.1. The van der Waals surface area contributed by atoms with Gasteiger partial charge in [-0.05, 0) is 54.6 Å². The summed E-state index contributed by atoms with van der Waals surface area (Å²) in [6.07, 6.45) is 0.240. The number of fused-ring (bicyclic) bond motifs is 1. The molecule has 0 aromatic heterocycles. The van der Waals surface area contributed by atoms with Crippen molar-refractivity contribution in [2.45, 2.75) is 56.6 Å². The lowest BCUT2D eigenvalue weighted by Gasteiger charge is -2.43. The Morgan fingerprint density at radius 1 is 0.857 bits per heavy atom. The summed E-state index contributed by atoms with van der Waals surface area (Å²) in [5.74, 6) is 1.60. The number of benzene rings is 2. The van der Waals surface area contributed by atoms with E-state index in [-0.39, 0.29) is 13.2 Å². The van der Waals surface area contributed by atoms with Crippen molar-refractivity contribution in [1.82, 2.24) is 4.90 Å². The molecule has 0 spiro atoms. The molecule has 4 N–H and O–H groups in total. The first-order chi connectivity index (χ1) is 17.1. The van der Waals surface area contributed by atoms with Gasteiger partial charge < -0.3 is 34.6 Å². The second-order valence-electron chi connectivity index (χ2n) is 9.32. The molecule has 2 aliphatic rings. The number of piperidine rings is 1. The highest BCUT2D eigenvalue weighted by Crippen LogP contribution is 2.34. The Balaban J connectivity index is 1.15. The first-order valence-corrected chi connectivity index (χ1v) is 12.5. The van der Waals surface area contributed by atoms with E-state index in [9.17, 15) is 20.4 Å². The highest BCUT2D eigenvalue weighted by molar-refractivity contribution is 5.67. The minimum absolute atomic E-state index is 0.248. The van der Waals surface area contributed by atoms with Gasteiger partial charge in [0.05, 0.1) is 38.6 Å². The first-order valence-electron chi connectivity index (χ1n) is 12.5. The Hall–Kier alpha value is -2.20. The van der Waals surface area contributed by atoms with Gasteiger partial charge in [0, 0.05) is 19.6 Å². The largest absolute Gasteiger partial charge is 0.490 e. The second kappa shape index (κ2) is 12.7. The smallest absolute Gasteiger partial charge is 0.161 e. The summed E-state index contributed by atoms with van der Waals surface area (Å²) >= 11 is 0. The Labute approximate surface area is 206 Å². The number of hydrogen-bond donors (Lipinski definition) is 4. The monoisotopic (exact) mass is 487 g/mol. The van der Waals surface area contributed by atoms with Gasteiger partial charge in [0.2, 0.25) is 0 Å². The molecular formula is C27H37NO7. The number of likely N-dealkylation sites (tertiary alicyclic amines) is 1. The molecule has 2 aliphatic heterocycles. The van der Waals surface area contributed by atoms with Crippen molar-refractivity contribution >= 4 is 0 Å². The summed E-state index contributed by atoms with van der Waals surface area (Å²) in [6, 6.07) is 13.8. The fourth-order valence-corrected chi connectivity index (χ4v) is 4.66. The fourth-order valence-electron chi connectivity index (χ4n) is 4.66. The summed E-state index contributed by atoms with van der Waals surface area (Å²) in [5, 5.41) is 39.3. The summed E-state index contributed by atoms with van der Waals surface area (Å²) in [6.45, 7) is 3.21. The average Bonchev–Trinajstić information content (AvgIpc) is 3.12. The third-order valence-corrected chi connectivity index (χ3v) is 6.75. The van der Waals surface area contributed by atoms with Gasteiger partial charge in [-0.3, -0.25) is 4.90 Å². The third-order valence-electron chi connectivity index (χ3n) is 6.75. The van der Waals surface area contributed by atoms with Gasteiger partial charge in [-0.1, -0.05) is 30.3 Å². The predicted octanol–water partition coefficient (Wildman–Crippen LogP) is 1.96. The molecule has 8 heteroatoms. The lowest BCUT2D eigenvalue weighted by molar-refractivity contribution is -0.145. The number of ether oxygens (including phenoxy) is 3. The van der Waals surface area contributed by atoms with Crippen LogP contribution < -0.4 is 9.47 Å². The van der Waals surface area contributed by atoms with E-state index in [1.54, 1.807) is 0 Å². The maximum Gasteiger partial charge on any atom is 0.161 e. The second-order valence-corrected chi connectivity index (χ2v) is 9.32. The topological polar surface area (TPSA) is 112 Å². The molecule has 1 fully saturated rings. The minimum Gasteiger partial charge on any atom is -0.490 e. The Kier molecular flexibility index (Phi) is 9.37. The highest BCUT2D eigenvalue weighted by atomic mass is 16.5. The fraction of sp³-hybridized carbons (Fsp3) is 0.556. The molecule has 8 nitrogen and oxygen atoms in total. The van der Waals surface area contributed by atoms with Gasteiger partial charge in [0.1, 0.15) is 12.2 Å². The van der Waals surface area contributed by atoms with E-state index in [1.165, 1.54) is 0 Å². The van der Waals surface area contributed by atoms with Crippen LogP contribution in [0.15, 0.2) is 42.5 Å². The summed E-state index contributed by atoms with van der Waals surface area (Å²) < 4.78 is 17.3. The number of nitrogens with zero attached hydrogens (tertiary/aromatic N) is 1. The lowest BCUT2D eigenvalue weighted by Crippen LogP contribution is -2.62. The lowest BCUT2D eigenvalue weighted by atomic mass is 9.94. The van der Waals surface area contributed by atoms with Crippen LogP contribution in [-0.2, 0) is 11.3 Å². The number of unbranched alkanes of at least 4 members (excludes halogenated alkanes) is 2. The quantitative estimate of drug-likeness (QED) is 0.377. The van der Waals surface area contributed by atoms with Crippen molar-refractivity contribution in [3.05, 3.63) is 48.0 Å². The summed E-state index contributed by atoms with van der Waals surface area (Å²) in [4.78, 5) is 1.85. The Morgan fingerprint density at radius 2 is 1.60 bits per heavy atom. The molecule has 0 bridgehead atoms. The SMILES string of the molecule is OCC1C(O)C(O)C(O)CN1CCCCCOCc1ccc(-c2ccc3c(c2)OCCCO3)cc1. The number of hydrogen-bond acceptors (Lipinski definition) is 8. The molecule has 2 heterocycles. The van der Waals surface area contributed by atoms with Gasteiger partial charge in [-0.15, -0.1) is 0 Å². The van der Waals surface area contributed by atoms with Crippen LogP contribution in [-0.4, -0.2) is 89.2 Å². The van der Waals surface area contributed by atoms with E-state index in [0.717, 1.165) is 53.9 Å². The summed E-state index contributed by atoms with van der Waals surface area (Å²) in [5.41, 5.74) is 3.32. The maximum atomic E-state index is 10.1. The molecule has 2 aromatic carbocycles. The molecule has 35 heavy (non-hydrogen) atoms. The number of aliphatic hydroxyl groups excluding tert-OH is 4. The van der Waals surface area contributed by atoms with E-state index in [0.29, 0.717) is 33.0 Å². The Bertz CT molecular complexity index is 922. The average molecular weight is 488 g/mol. The van der Waals surface area contributed by atoms with E-state index in [2.05, 4.69) is 30.3 Å². The molecule has 4 unspecified atom stereocenters. The number of aliphatic hydroxyl groups is 4. The van der Waals surface area contributed by atoms with E-state index in [1.807, 2.05) is 17.0 Å². The van der Waals surface area contributed by atoms with Crippen molar-refractivity contribution in [1.29, 1.82) is 0 Å². The molecule has 2 aromatic rings. The molecule has 0 amide bonds. The maximum absolute atomic E-state index is 10.1.